The van der Waals surface area contributed by atoms with Gasteiger partial charge in [-0.15, -0.1) is 0 Å². The zero-order valence-corrected chi connectivity index (χ0v) is 11.3. The Kier molecular flexibility index (Phi) is 4.11. The smallest absolute Gasteiger partial charge is 0.0705 e. The SMILES string of the molecule is CCNC(C)/C=C/c1ccc2nc(C)ccc2c1. The molecule has 0 spiro atoms. The second-order valence-corrected chi connectivity index (χ2v) is 4.61. The molecule has 1 N–H and O–H groups in total. The van der Waals surface area contributed by atoms with Gasteiger partial charge in [-0.2, -0.15) is 0 Å². The van der Waals surface area contributed by atoms with Crippen molar-refractivity contribution >= 4 is 17.0 Å². The highest BCUT2D eigenvalue weighted by atomic mass is 14.9. The molecule has 18 heavy (non-hydrogen) atoms. The van der Waals surface area contributed by atoms with Crippen LogP contribution in [-0.4, -0.2) is 17.6 Å². The van der Waals surface area contributed by atoms with Crippen LogP contribution in [0.25, 0.3) is 17.0 Å². The average Bonchev–Trinajstić information content (AvgIpc) is 2.36. The summed E-state index contributed by atoms with van der Waals surface area (Å²) in [6, 6.07) is 11.0. The summed E-state index contributed by atoms with van der Waals surface area (Å²) in [6.07, 6.45) is 4.35. The number of hydrogen-bond acceptors (Lipinski definition) is 2. The number of likely N-dealkylation sites (N-methyl/N-ethyl adjacent to an activating group) is 1. The fourth-order valence-electron chi connectivity index (χ4n) is 2.00. The fourth-order valence-corrected chi connectivity index (χ4v) is 2.00. The standard InChI is InChI=1S/C16H20N2/c1-4-17-12(2)5-7-14-8-10-16-15(11-14)9-6-13(3)18-16/h5-12,17H,4H2,1-3H3/b7-5+. The van der Waals surface area contributed by atoms with Crippen molar-refractivity contribution in [1.29, 1.82) is 0 Å². The quantitative estimate of drug-likeness (QED) is 0.884. The predicted octanol–water partition coefficient (Wildman–Crippen LogP) is 3.55. The van der Waals surface area contributed by atoms with Gasteiger partial charge in [0.2, 0.25) is 0 Å². The van der Waals surface area contributed by atoms with Crippen LogP contribution in [0.3, 0.4) is 0 Å². The van der Waals surface area contributed by atoms with Crippen molar-refractivity contribution in [2.24, 2.45) is 0 Å². The molecule has 0 bridgehead atoms. The molecule has 0 aliphatic heterocycles. The number of fused-ring (bicyclic) bond motifs is 1. The molecule has 2 rings (SSSR count). The van der Waals surface area contributed by atoms with Crippen LogP contribution in [0.2, 0.25) is 0 Å². The van der Waals surface area contributed by atoms with Gasteiger partial charge >= 0.3 is 0 Å². The van der Waals surface area contributed by atoms with Crippen molar-refractivity contribution in [1.82, 2.24) is 10.3 Å². The minimum absolute atomic E-state index is 0.404. The summed E-state index contributed by atoms with van der Waals surface area (Å²) in [4.78, 5) is 4.50. The van der Waals surface area contributed by atoms with Gasteiger partial charge in [0.15, 0.2) is 0 Å². The van der Waals surface area contributed by atoms with Crippen molar-refractivity contribution in [3.8, 4) is 0 Å². The van der Waals surface area contributed by atoms with Gasteiger partial charge in [0.25, 0.3) is 0 Å². The van der Waals surface area contributed by atoms with Crippen LogP contribution in [0.15, 0.2) is 36.4 Å². The average molecular weight is 240 g/mol. The van der Waals surface area contributed by atoms with Gasteiger partial charge in [-0.25, -0.2) is 0 Å². The van der Waals surface area contributed by atoms with E-state index in [0.717, 1.165) is 17.8 Å². The molecule has 2 nitrogen and oxygen atoms in total. The predicted molar refractivity (Wildman–Crippen MR) is 78.7 cm³/mol. The molecule has 2 heteroatoms. The third-order valence-electron chi connectivity index (χ3n) is 2.96. The minimum atomic E-state index is 0.404. The Morgan fingerprint density at radius 3 is 2.89 bits per heavy atom. The fraction of sp³-hybridized carbons (Fsp3) is 0.312. The van der Waals surface area contributed by atoms with Gasteiger partial charge in [-0.05, 0) is 44.2 Å². The molecule has 1 aromatic carbocycles. The lowest BCUT2D eigenvalue weighted by Gasteiger charge is -2.06. The van der Waals surface area contributed by atoms with Crippen LogP contribution >= 0.6 is 0 Å². The Morgan fingerprint density at radius 2 is 2.11 bits per heavy atom. The van der Waals surface area contributed by atoms with E-state index in [1.807, 2.05) is 6.92 Å². The van der Waals surface area contributed by atoms with Crippen LogP contribution in [-0.2, 0) is 0 Å². The summed E-state index contributed by atoms with van der Waals surface area (Å²) in [6.45, 7) is 7.29. The Hall–Kier alpha value is -1.67. The maximum Gasteiger partial charge on any atom is 0.0705 e. The first-order chi connectivity index (χ1) is 8.69. The molecular weight excluding hydrogens is 220 g/mol. The Labute approximate surface area is 109 Å². The van der Waals surface area contributed by atoms with E-state index in [2.05, 4.69) is 66.6 Å². The number of pyridine rings is 1. The van der Waals surface area contributed by atoms with Crippen molar-refractivity contribution < 1.29 is 0 Å². The van der Waals surface area contributed by atoms with Gasteiger partial charge in [-0.1, -0.05) is 31.2 Å². The third kappa shape index (κ3) is 3.17. The number of nitrogens with one attached hydrogen (secondary N) is 1. The van der Waals surface area contributed by atoms with Crippen molar-refractivity contribution in [3.63, 3.8) is 0 Å². The molecule has 0 radical (unpaired) electrons. The van der Waals surface area contributed by atoms with Crippen molar-refractivity contribution in [2.45, 2.75) is 26.8 Å². The molecule has 1 atom stereocenters. The molecule has 1 aromatic heterocycles. The van der Waals surface area contributed by atoms with E-state index in [1.54, 1.807) is 0 Å². The van der Waals surface area contributed by atoms with Crippen molar-refractivity contribution in [3.05, 3.63) is 47.7 Å². The first kappa shape index (κ1) is 12.8. The highest BCUT2D eigenvalue weighted by Gasteiger charge is 1.97. The van der Waals surface area contributed by atoms with Gasteiger partial charge in [0.05, 0.1) is 5.52 Å². The lowest BCUT2D eigenvalue weighted by Crippen LogP contribution is -2.22. The maximum atomic E-state index is 4.50. The van der Waals surface area contributed by atoms with E-state index in [4.69, 9.17) is 0 Å². The zero-order chi connectivity index (χ0) is 13.0. The largest absolute Gasteiger partial charge is 0.311 e. The van der Waals surface area contributed by atoms with E-state index in [0.29, 0.717) is 6.04 Å². The number of nitrogens with zero attached hydrogens (tertiary/aromatic N) is 1. The minimum Gasteiger partial charge on any atom is -0.311 e. The first-order valence-corrected chi connectivity index (χ1v) is 6.48. The lowest BCUT2D eigenvalue weighted by atomic mass is 10.1. The van der Waals surface area contributed by atoms with Gasteiger partial charge in [0.1, 0.15) is 0 Å². The topological polar surface area (TPSA) is 24.9 Å². The summed E-state index contributed by atoms with van der Waals surface area (Å²) in [5.41, 5.74) is 3.34. The van der Waals surface area contributed by atoms with Gasteiger partial charge in [-0.3, -0.25) is 4.98 Å². The normalized spacial score (nSPS) is 13.3. The molecule has 0 aliphatic carbocycles. The highest BCUT2D eigenvalue weighted by Crippen LogP contribution is 2.15. The summed E-state index contributed by atoms with van der Waals surface area (Å²) < 4.78 is 0. The molecule has 1 heterocycles. The van der Waals surface area contributed by atoms with Crippen molar-refractivity contribution in [2.75, 3.05) is 6.54 Å². The molecular formula is C16H20N2. The third-order valence-corrected chi connectivity index (χ3v) is 2.96. The number of hydrogen-bond donors (Lipinski definition) is 1. The summed E-state index contributed by atoms with van der Waals surface area (Å²) >= 11 is 0. The molecule has 0 saturated heterocycles. The molecule has 0 saturated carbocycles. The molecule has 94 valence electrons. The molecule has 2 aromatic rings. The van der Waals surface area contributed by atoms with E-state index in [1.165, 1.54) is 10.9 Å². The van der Waals surface area contributed by atoms with E-state index in [9.17, 15) is 0 Å². The second kappa shape index (κ2) is 5.78. The zero-order valence-electron chi connectivity index (χ0n) is 11.3. The number of benzene rings is 1. The Morgan fingerprint density at radius 1 is 1.28 bits per heavy atom. The molecule has 0 amide bonds. The van der Waals surface area contributed by atoms with E-state index in [-0.39, 0.29) is 0 Å². The first-order valence-electron chi connectivity index (χ1n) is 6.48. The van der Waals surface area contributed by atoms with E-state index < -0.39 is 0 Å². The Balaban J connectivity index is 2.22. The van der Waals surface area contributed by atoms with E-state index >= 15 is 0 Å². The molecule has 0 fully saturated rings. The number of rotatable bonds is 4. The molecule has 0 aliphatic rings. The number of aromatic nitrogens is 1. The monoisotopic (exact) mass is 240 g/mol. The van der Waals surface area contributed by atoms with Crippen LogP contribution < -0.4 is 5.32 Å². The molecule has 1 unspecified atom stereocenters. The summed E-state index contributed by atoms with van der Waals surface area (Å²) in [5.74, 6) is 0. The van der Waals surface area contributed by atoms with Crippen LogP contribution in [0.5, 0.6) is 0 Å². The van der Waals surface area contributed by atoms with Gasteiger partial charge in [0, 0.05) is 17.1 Å². The van der Waals surface area contributed by atoms with Crippen LogP contribution in [0.4, 0.5) is 0 Å². The van der Waals surface area contributed by atoms with Crippen LogP contribution in [0.1, 0.15) is 25.1 Å². The lowest BCUT2D eigenvalue weighted by molar-refractivity contribution is 0.663. The Bertz CT molecular complexity index is 558. The summed E-state index contributed by atoms with van der Waals surface area (Å²) in [7, 11) is 0. The summed E-state index contributed by atoms with van der Waals surface area (Å²) in [5, 5.41) is 4.55. The second-order valence-electron chi connectivity index (χ2n) is 4.61. The van der Waals surface area contributed by atoms with Gasteiger partial charge < -0.3 is 5.32 Å². The highest BCUT2D eigenvalue weighted by molar-refractivity contribution is 5.81. The van der Waals surface area contributed by atoms with Crippen LogP contribution in [0, 0.1) is 6.92 Å². The maximum absolute atomic E-state index is 4.50. The number of aryl methyl sites for hydroxylation is 1.